The van der Waals surface area contributed by atoms with E-state index < -0.39 is 0 Å². The third-order valence-corrected chi connectivity index (χ3v) is 3.92. The molecule has 2 unspecified atom stereocenters. The molecule has 1 saturated heterocycles. The highest BCUT2D eigenvalue weighted by molar-refractivity contribution is 5.46. The Labute approximate surface area is 125 Å². The highest BCUT2D eigenvalue weighted by atomic mass is 16.5. The highest BCUT2D eigenvalue weighted by Crippen LogP contribution is 2.26. The molecule has 3 rings (SSSR count). The number of nitrogens with zero attached hydrogens (tertiary/aromatic N) is 2. The van der Waals surface area contributed by atoms with Crippen molar-refractivity contribution in [2.45, 2.75) is 19.3 Å². The van der Waals surface area contributed by atoms with E-state index in [0.29, 0.717) is 0 Å². The van der Waals surface area contributed by atoms with E-state index in [0.717, 1.165) is 17.8 Å². The SMILES string of the molecule is Cc1ccc(C2C[NH2+]C(c3ccc(N(C)C)cc3)O2)cn1. The van der Waals surface area contributed by atoms with E-state index in [-0.39, 0.29) is 12.3 Å². The average Bonchev–Trinajstić information content (AvgIpc) is 2.98. The van der Waals surface area contributed by atoms with Crippen molar-refractivity contribution in [1.29, 1.82) is 0 Å². The summed E-state index contributed by atoms with van der Waals surface area (Å²) < 4.78 is 6.16. The van der Waals surface area contributed by atoms with Gasteiger partial charge in [-0.2, -0.15) is 0 Å². The predicted molar refractivity (Wildman–Crippen MR) is 83.1 cm³/mol. The average molecular weight is 284 g/mol. The molecule has 2 aromatic rings. The van der Waals surface area contributed by atoms with Crippen LogP contribution in [0.15, 0.2) is 42.6 Å². The molecule has 0 spiro atoms. The zero-order chi connectivity index (χ0) is 14.8. The molecule has 1 aliphatic heterocycles. The molecule has 1 aromatic heterocycles. The minimum absolute atomic E-state index is 0.0764. The number of hydrogen-bond acceptors (Lipinski definition) is 3. The fourth-order valence-electron chi connectivity index (χ4n) is 2.60. The molecule has 1 aromatic carbocycles. The first-order valence-corrected chi connectivity index (χ1v) is 7.32. The second kappa shape index (κ2) is 5.84. The molecular weight excluding hydrogens is 262 g/mol. The first kappa shape index (κ1) is 14.0. The van der Waals surface area contributed by atoms with E-state index in [1.807, 2.05) is 33.3 Å². The van der Waals surface area contributed by atoms with Gasteiger partial charge in [-0.15, -0.1) is 0 Å². The summed E-state index contributed by atoms with van der Waals surface area (Å²) >= 11 is 0. The largest absolute Gasteiger partial charge is 0.378 e. The lowest BCUT2D eigenvalue weighted by atomic mass is 10.1. The molecule has 2 N–H and O–H groups in total. The fourth-order valence-corrected chi connectivity index (χ4v) is 2.60. The number of aryl methyl sites for hydroxylation is 1. The number of ether oxygens (including phenoxy) is 1. The lowest BCUT2D eigenvalue weighted by molar-refractivity contribution is -0.698. The number of quaternary nitrogens is 1. The van der Waals surface area contributed by atoms with E-state index in [4.69, 9.17) is 4.74 Å². The van der Waals surface area contributed by atoms with Gasteiger partial charge in [-0.25, -0.2) is 0 Å². The molecule has 21 heavy (non-hydrogen) atoms. The van der Waals surface area contributed by atoms with Gasteiger partial charge in [0, 0.05) is 42.8 Å². The molecule has 0 bridgehead atoms. The smallest absolute Gasteiger partial charge is 0.217 e. The van der Waals surface area contributed by atoms with Gasteiger partial charge in [-0.1, -0.05) is 6.07 Å². The van der Waals surface area contributed by atoms with Crippen molar-refractivity contribution in [1.82, 2.24) is 4.98 Å². The maximum absolute atomic E-state index is 6.16. The van der Waals surface area contributed by atoms with E-state index in [1.54, 1.807) is 0 Å². The van der Waals surface area contributed by atoms with Crippen molar-refractivity contribution < 1.29 is 10.1 Å². The van der Waals surface area contributed by atoms with Gasteiger partial charge in [0.25, 0.3) is 0 Å². The van der Waals surface area contributed by atoms with Crippen LogP contribution in [0, 0.1) is 6.92 Å². The summed E-state index contributed by atoms with van der Waals surface area (Å²) in [5, 5.41) is 2.25. The fraction of sp³-hybridized carbons (Fsp3) is 0.353. The van der Waals surface area contributed by atoms with Crippen LogP contribution >= 0.6 is 0 Å². The molecule has 1 fully saturated rings. The van der Waals surface area contributed by atoms with Crippen molar-refractivity contribution in [3.63, 3.8) is 0 Å². The van der Waals surface area contributed by atoms with Crippen LogP contribution in [0.3, 0.4) is 0 Å². The number of rotatable bonds is 3. The monoisotopic (exact) mass is 284 g/mol. The maximum atomic E-state index is 6.16. The molecular formula is C17H22N3O+. The Morgan fingerprint density at radius 2 is 1.81 bits per heavy atom. The summed E-state index contributed by atoms with van der Waals surface area (Å²) in [6, 6.07) is 12.7. The summed E-state index contributed by atoms with van der Waals surface area (Å²) in [5.41, 5.74) is 4.61. The zero-order valence-corrected chi connectivity index (χ0v) is 12.8. The van der Waals surface area contributed by atoms with Crippen LogP contribution in [0.5, 0.6) is 0 Å². The Kier molecular flexibility index (Phi) is 3.90. The maximum Gasteiger partial charge on any atom is 0.217 e. The van der Waals surface area contributed by atoms with Gasteiger partial charge in [-0.3, -0.25) is 4.98 Å². The van der Waals surface area contributed by atoms with E-state index in [1.165, 1.54) is 11.3 Å². The lowest BCUT2D eigenvalue weighted by Crippen LogP contribution is -2.82. The van der Waals surface area contributed by atoms with E-state index in [9.17, 15) is 0 Å². The Morgan fingerprint density at radius 3 is 2.43 bits per heavy atom. The molecule has 2 heterocycles. The van der Waals surface area contributed by atoms with Crippen molar-refractivity contribution in [3.8, 4) is 0 Å². The quantitative estimate of drug-likeness (QED) is 0.934. The zero-order valence-electron chi connectivity index (χ0n) is 12.8. The summed E-state index contributed by atoms with van der Waals surface area (Å²) in [7, 11) is 4.10. The van der Waals surface area contributed by atoms with Crippen LogP contribution in [-0.2, 0) is 4.74 Å². The summed E-state index contributed by atoms with van der Waals surface area (Å²) in [6.45, 7) is 2.94. The van der Waals surface area contributed by atoms with Crippen molar-refractivity contribution in [2.75, 3.05) is 25.5 Å². The predicted octanol–water partition coefficient (Wildman–Crippen LogP) is 1.79. The topological polar surface area (TPSA) is 42.0 Å². The first-order valence-electron chi connectivity index (χ1n) is 7.32. The molecule has 0 aliphatic carbocycles. The molecule has 2 atom stereocenters. The molecule has 0 amide bonds. The van der Waals surface area contributed by atoms with Gasteiger partial charge in [-0.05, 0) is 37.3 Å². The Morgan fingerprint density at radius 1 is 1.10 bits per heavy atom. The van der Waals surface area contributed by atoms with E-state index in [2.05, 4.69) is 45.5 Å². The Bertz CT molecular complexity index is 592. The van der Waals surface area contributed by atoms with Crippen LogP contribution in [0.25, 0.3) is 0 Å². The highest BCUT2D eigenvalue weighted by Gasteiger charge is 2.31. The van der Waals surface area contributed by atoms with Gasteiger partial charge in [0.15, 0.2) is 0 Å². The van der Waals surface area contributed by atoms with Crippen molar-refractivity contribution in [3.05, 3.63) is 59.4 Å². The first-order chi connectivity index (χ1) is 10.1. The van der Waals surface area contributed by atoms with Gasteiger partial charge < -0.3 is 15.0 Å². The second-order valence-corrected chi connectivity index (χ2v) is 5.74. The van der Waals surface area contributed by atoms with Gasteiger partial charge >= 0.3 is 0 Å². The summed E-state index contributed by atoms with van der Waals surface area (Å²) in [4.78, 5) is 6.45. The summed E-state index contributed by atoms with van der Waals surface area (Å²) in [6.07, 6.45) is 2.12. The number of hydrogen-bond donors (Lipinski definition) is 1. The number of benzene rings is 1. The van der Waals surface area contributed by atoms with Gasteiger partial charge in [0.1, 0.15) is 12.6 Å². The second-order valence-electron chi connectivity index (χ2n) is 5.74. The van der Waals surface area contributed by atoms with E-state index >= 15 is 0 Å². The Balaban J connectivity index is 1.70. The van der Waals surface area contributed by atoms with Crippen LogP contribution in [0.4, 0.5) is 5.69 Å². The van der Waals surface area contributed by atoms with Crippen molar-refractivity contribution in [2.24, 2.45) is 0 Å². The molecule has 0 saturated carbocycles. The normalized spacial score (nSPS) is 21.5. The van der Waals surface area contributed by atoms with Crippen LogP contribution < -0.4 is 10.2 Å². The number of pyridine rings is 1. The minimum Gasteiger partial charge on any atom is -0.378 e. The van der Waals surface area contributed by atoms with Crippen molar-refractivity contribution >= 4 is 5.69 Å². The number of aromatic nitrogens is 1. The lowest BCUT2D eigenvalue weighted by Gasteiger charge is -2.14. The number of anilines is 1. The molecule has 0 radical (unpaired) electrons. The van der Waals surface area contributed by atoms with Gasteiger partial charge in [0.05, 0.1) is 0 Å². The van der Waals surface area contributed by atoms with Crippen LogP contribution in [0.2, 0.25) is 0 Å². The summed E-state index contributed by atoms with van der Waals surface area (Å²) in [5.74, 6) is 0. The third-order valence-electron chi connectivity index (χ3n) is 3.92. The minimum atomic E-state index is 0.0764. The third kappa shape index (κ3) is 3.06. The van der Waals surface area contributed by atoms with Crippen LogP contribution in [0.1, 0.15) is 29.2 Å². The van der Waals surface area contributed by atoms with Gasteiger partial charge in [0.2, 0.25) is 6.23 Å². The van der Waals surface area contributed by atoms with Crippen LogP contribution in [-0.4, -0.2) is 25.6 Å². The molecule has 4 heteroatoms. The molecule has 110 valence electrons. The molecule has 1 aliphatic rings. The number of nitrogens with two attached hydrogens (primary N) is 1. The standard InChI is InChI=1S/C17H21N3O/c1-12-4-5-14(10-18-12)16-11-19-17(21-16)13-6-8-15(9-7-13)20(2)3/h4-10,16-17,19H,11H2,1-3H3/p+1. The Hall–Kier alpha value is -1.91. The molecule has 4 nitrogen and oxygen atoms in total.